The zero-order valence-corrected chi connectivity index (χ0v) is 25.0. The molecule has 8 nitrogen and oxygen atoms in total. The molecule has 1 fully saturated rings. The van der Waals surface area contributed by atoms with Gasteiger partial charge in [0.2, 0.25) is 11.8 Å². The van der Waals surface area contributed by atoms with Crippen LogP contribution in [-0.4, -0.2) is 95.0 Å². The predicted octanol–water partition coefficient (Wildman–Crippen LogP) is 3.52. The first-order chi connectivity index (χ1) is 19.9. The second-order valence-corrected chi connectivity index (χ2v) is 12.2. The number of aliphatic hydroxyl groups is 1. The van der Waals surface area contributed by atoms with Gasteiger partial charge in [-0.15, -0.1) is 0 Å². The van der Waals surface area contributed by atoms with E-state index in [0.717, 1.165) is 71.5 Å². The van der Waals surface area contributed by atoms with Gasteiger partial charge in [-0.1, -0.05) is 48.6 Å². The Labute approximate surface area is 247 Å². The number of allylic oxidation sites excluding steroid dienone is 1. The fraction of sp³-hybridized carbons (Fsp3) is 0.469. The van der Waals surface area contributed by atoms with Gasteiger partial charge in [-0.05, 0) is 36.1 Å². The van der Waals surface area contributed by atoms with E-state index in [-0.39, 0.29) is 18.4 Å². The SMILES string of the molecule is C/C=C\CC(O)N1CC(=O)N(Cc2ccc(C3=NCCN3C)cc2)c2cc(CCC(=O)N3CCSCC3)ccc2C1. The smallest absolute Gasteiger partial charge is 0.241 e. The van der Waals surface area contributed by atoms with E-state index in [1.807, 2.05) is 45.5 Å². The number of nitrogens with zero attached hydrogens (tertiary/aromatic N) is 5. The highest BCUT2D eigenvalue weighted by Gasteiger charge is 2.30. The lowest BCUT2D eigenvalue weighted by Crippen LogP contribution is -2.41. The lowest BCUT2D eigenvalue weighted by atomic mass is 10.0. The monoisotopic (exact) mass is 575 g/mol. The van der Waals surface area contributed by atoms with Crippen LogP contribution in [0.2, 0.25) is 0 Å². The van der Waals surface area contributed by atoms with E-state index in [0.29, 0.717) is 32.4 Å². The van der Waals surface area contributed by atoms with E-state index < -0.39 is 6.23 Å². The number of amidine groups is 1. The van der Waals surface area contributed by atoms with Crippen LogP contribution in [0.25, 0.3) is 0 Å². The molecular weight excluding hydrogens is 534 g/mol. The number of hydrogen-bond donors (Lipinski definition) is 1. The van der Waals surface area contributed by atoms with Crippen LogP contribution in [0.3, 0.4) is 0 Å². The van der Waals surface area contributed by atoms with Gasteiger partial charge in [0.1, 0.15) is 12.1 Å². The van der Waals surface area contributed by atoms with Crippen molar-refractivity contribution in [3.05, 3.63) is 76.9 Å². The lowest BCUT2D eigenvalue weighted by Gasteiger charge is -2.26. The molecule has 218 valence electrons. The molecule has 2 aromatic carbocycles. The topological polar surface area (TPSA) is 79.7 Å². The fourth-order valence-corrected chi connectivity index (χ4v) is 6.52. The second-order valence-electron chi connectivity index (χ2n) is 11.0. The molecule has 9 heteroatoms. The molecular formula is C32H41N5O3S. The summed E-state index contributed by atoms with van der Waals surface area (Å²) in [5, 5.41) is 10.9. The maximum atomic E-state index is 13.7. The van der Waals surface area contributed by atoms with E-state index in [1.54, 1.807) is 0 Å². The number of aliphatic imine (C=N–C) groups is 1. The molecule has 0 spiro atoms. The Morgan fingerprint density at radius 1 is 1.07 bits per heavy atom. The van der Waals surface area contributed by atoms with Crippen molar-refractivity contribution in [2.24, 2.45) is 4.99 Å². The van der Waals surface area contributed by atoms with Crippen molar-refractivity contribution < 1.29 is 14.7 Å². The minimum atomic E-state index is -0.744. The number of carbonyl (C=O) groups excluding carboxylic acids is 2. The van der Waals surface area contributed by atoms with E-state index >= 15 is 0 Å². The number of carbonyl (C=O) groups is 2. The maximum Gasteiger partial charge on any atom is 0.241 e. The summed E-state index contributed by atoms with van der Waals surface area (Å²) in [4.78, 5) is 39.0. The molecule has 0 aromatic heterocycles. The van der Waals surface area contributed by atoms with Gasteiger partial charge in [-0.25, -0.2) is 0 Å². The summed E-state index contributed by atoms with van der Waals surface area (Å²) in [5.41, 5.74) is 5.01. The zero-order chi connectivity index (χ0) is 28.8. The van der Waals surface area contributed by atoms with Gasteiger partial charge in [-0.3, -0.25) is 19.5 Å². The van der Waals surface area contributed by atoms with Crippen LogP contribution in [0, 0.1) is 0 Å². The van der Waals surface area contributed by atoms with E-state index in [4.69, 9.17) is 0 Å². The highest BCUT2D eigenvalue weighted by molar-refractivity contribution is 7.99. The summed E-state index contributed by atoms with van der Waals surface area (Å²) in [6, 6.07) is 14.5. The number of likely N-dealkylation sites (N-methyl/N-ethyl adjacent to an activating group) is 1. The largest absolute Gasteiger partial charge is 0.378 e. The quantitative estimate of drug-likeness (QED) is 0.461. The molecule has 1 atom stereocenters. The summed E-state index contributed by atoms with van der Waals surface area (Å²) in [5.74, 6) is 3.16. The van der Waals surface area contributed by atoms with Crippen molar-refractivity contribution in [2.75, 3.05) is 56.2 Å². The molecule has 3 aliphatic rings. The lowest BCUT2D eigenvalue weighted by molar-refractivity contribution is -0.130. The number of fused-ring (bicyclic) bond motifs is 1. The number of amides is 2. The minimum absolute atomic E-state index is 0.0497. The van der Waals surface area contributed by atoms with Crippen LogP contribution in [0.15, 0.2) is 59.6 Å². The zero-order valence-electron chi connectivity index (χ0n) is 24.2. The van der Waals surface area contributed by atoms with Crippen molar-refractivity contribution in [3.8, 4) is 0 Å². The highest BCUT2D eigenvalue weighted by Crippen LogP contribution is 2.30. The van der Waals surface area contributed by atoms with Crippen molar-refractivity contribution in [2.45, 2.75) is 45.5 Å². The number of aryl methyl sites for hydroxylation is 1. The van der Waals surface area contributed by atoms with Crippen LogP contribution < -0.4 is 4.90 Å². The van der Waals surface area contributed by atoms with Crippen LogP contribution >= 0.6 is 11.8 Å². The number of thioether (sulfide) groups is 1. The molecule has 3 heterocycles. The third-order valence-corrected chi connectivity index (χ3v) is 9.00. The highest BCUT2D eigenvalue weighted by atomic mass is 32.2. The summed E-state index contributed by atoms with van der Waals surface area (Å²) < 4.78 is 0. The average Bonchev–Trinajstić information content (AvgIpc) is 3.38. The molecule has 5 rings (SSSR count). The molecule has 0 bridgehead atoms. The van der Waals surface area contributed by atoms with E-state index in [2.05, 4.69) is 59.4 Å². The molecule has 2 aromatic rings. The maximum absolute atomic E-state index is 13.7. The van der Waals surface area contributed by atoms with Crippen LogP contribution in [0.5, 0.6) is 0 Å². The van der Waals surface area contributed by atoms with Gasteiger partial charge in [0.15, 0.2) is 0 Å². The first kappa shape index (κ1) is 29.4. The Morgan fingerprint density at radius 3 is 2.54 bits per heavy atom. The van der Waals surface area contributed by atoms with Crippen molar-refractivity contribution in [1.82, 2.24) is 14.7 Å². The number of benzene rings is 2. The molecule has 3 aliphatic heterocycles. The second kappa shape index (κ2) is 13.7. The van der Waals surface area contributed by atoms with Crippen molar-refractivity contribution in [3.63, 3.8) is 0 Å². The standard InChI is InChI=1S/C32H41N5O3S/c1-3-4-5-29(38)36-22-27-12-6-24(9-13-30(39)35-16-18-41-19-17-35)20-28(27)37(31(40)23-36)21-25-7-10-26(11-8-25)32-33-14-15-34(32)2/h3-4,6-8,10-12,20,29,38H,5,9,13-19,21-23H2,1-2H3/b4-3-. The Hall–Kier alpha value is -3.14. The number of aliphatic hydroxyl groups excluding tert-OH is 1. The Balaban J connectivity index is 1.38. The van der Waals surface area contributed by atoms with Gasteiger partial charge in [0.05, 0.1) is 19.6 Å². The number of hydrogen-bond acceptors (Lipinski definition) is 7. The first-order valence-electron chi connectivity index (χ1n) is 14.6. The summed E-state index contributed by atoms with van der Waals surface area (Å²) >= 11 is 1.90. The molecule has 41 heavy (non-hydrogen) atoms. The summed E-state index contributed by atoms with van der Waals surface area (Å²) in [7, 11) is 2.06. The van der Waals surface area contributed by atoms with Gasteiger partial charge in [0, 0.05) is 68.8 Å². The normalized spacial score (nSPS) is 19.0. The molecule has 1 N–H and O–H groups in total. The molecule has 2 amide bonds. The van der Waals surface area contributed by atoms with Gasteiger partial charge in [0.25, 0.3) is 0 Å². The summed E-state index contributed by atoms with van der Waals surface area (Å²) in [6.45, 7) is 6.36. The third-order valence-electron chi connectivity index (χ3n) is 8.06. The molecule has 0 aliphatic carbocycles. The predicted molar refractivity (Wildman–Crippen MR) is 166 cm³/mol. The Kier molecular flexibility index (Phi) is 9.80. The minimum Gasteiger partial charge on any atom is -0.378 e. The van der Waals surface area contributed by atoms with Gasteiger partial charge < -0.3 is 19.8 Å². The number of rotatable bonds is 9. The van der Waals surface area contributed by atoms with E-state index in [9.17, 15) is 14.7 Å². The first-order valence-corrected chi connectivity index (χ1v) is 15.7. The Bertz CT molecular complexity index is 1290. The Morgan fingerprint density at radius 2 is 1.83 bits per heavy atom. The fourth-order valence-electron chi connectivity index (χ4n) is 5.62. The van der Waals surface area contributed by atoms with Gasteiger partial charge >= 0.3 is 0 Å². The number of anilines is 1. The summed E-state index contributed by atoms with van der Waals surface area (Å²) in [6.07, 6.45) is 4.66. The molecule has 0 radical (unpaired) electrons. The van der Waals surface area contributed by atoms with E-state index in [1.165, 1.54) is 0 Å². The van der Waals surface area contributed by atoms with Crippen molar-refractivity contribution >= 4 is 35.1 Å². The van der Waals surface area contributed by atoms with Crippen LogP contribution in [0.4, 0.5) is 5.69 Å². The third kappa shape index (κ3) is 7.20. The van der Waals surface area contributed by atoms with Crippen LogP contribution in [-0.2, 0) is 29.1 Å². The van der Waals surface area contributed by atoms with Crippen LogP contribution in [0.1, 0.15) is 42.0 Å². The average molecular weight is 576 g/mol. The molecule has 1 unspecified atom stereocenters. The van der Waals surface area contributed by atoms with Crippen molar-refractivity contribution in [1.29, 1.82) is 0 Å². The molecule has 0 saturated carbocycles. The van der Waals surface area contributed by atoms with Gasteiger partial charge in [-0.2, -0.15) is 11.8 Å². The molecule has 1 saturated heterocycles.